The van der Waals surface area contributed by atoms with Crippen LogP contribution >= 0.6 is 0 Å². The average molecular weight is 955 g/mol. The van der Waals surface area contributed by atoms with Gasteiger partial charge in [-0.1, -0.05) is 205 Å². The SMILES string of the molecule is CCCCCCOc1ccc(/C=C/c2ccc(/C=C/c3ccc(C(CCCO)OC(=O)C(C)CC)c(OCCCCCC)c3OCCCCCC)cc2)c(OCCCCCC)c1OCCCCCC. The number of ether oxygens (including phenoxy) is 6. The van der Waals surface area contributed by atoms with Crippen molar-refractivity contribution < 1.29 is 38.3 Å². The van der Waals surface area contributed by atoms with Gasteiger partial charge in [0.1, 0.15) is 6.10 Å². The molecule has 386 valence electrons. The molecule has 0 heterocycles. The highest BCUT2D eigenvalue weighted by Crippen LogP contribution is 2.44. The van der Waals surface area contributed by atoms with E-state index in [4.69, 9.17) is 28.4 Å². The van der Waals surface area contributed by atoms with Crippen LogP contribution in [0.1, 0.15) is 230 Å². The second-order valence-electron chi connectivity index (χ2n) is 18.7. The van der Waals surface area contributed by atoms with E-state index in [1.54, 1.807) is 0 Å². The topological polar surface area (TPSA) is 92.7 Å². The largest absolute Gasteiger partial charge is 0.490 e. The molecule has 0 spiro atoms. The second-order valence-corrected chi connectivity index (χ2v) is 18.7. The molecule has 0 amide bonds. The Hall–Kier alpha value is -4.43. The number of benzene rings is 3. The van der Waals surface area contributed by atoms with Crippen LogP contribution < -0.4 is 23.7 Å². The Bertz CT molecular complexity index is 1850. The summed E-state index contributed by atoms with van der Waals surface area (Å²) >= 11 is 0. The molecule has 2 atom stereocenters. The minimum absolute atomic E-state index is 0.00635. The number of unbranched alkanes of at least 4 members (excludes halogenated alkanes) is 15. The van der Waals surface area contributed by atoms with Crippen LogP contribution in [0.15, 0.2) is 48.5 Å². The molecule has 0 saturated carbocycles. The van der Waals surface area contributed by atoms with Crippen molar-refractivity contribution in [2.75, 3.05) is 39.6 Å². The molecule has 69 heavy (non-hydrogen) atoms. The summed E-state index contributed by atoms with van der Waals surface area (Å²) in [7, 11) is 0. The van der Waals surface area contributed by atoms with Gasteiger partial charge >= 0.3 is 5.97 Å². The minimum Gasteiger partial charge on any atom is -0.490 e. The van der Waals surface area contributed by atoms with Crippen LogP contribution in [-0.4, -0.2) is 50.7 Å². The highest BCUT2D eigenvalue weighted by molar-refractivity contribution is 5.78. The standard InChI is InChI=1S/C61H94O8/c1-8-14-19-24-44-64-56-42-40-53(58(66-46-26-21-16-10-3)60(56)68-48-28-23-18-12-5)38-36-51-33-31-50(32-34-51)35-37-52-39-41-54(55(30-29-43-62)69-61(63)49(7)13-6)59(67-47-27-22-17-11-4)57(52)65-45-25-20-15-9-2/h31-42,49,55,62H,8-30,43-48H2,1-7H3/b37-35+,38-36+. The Balaban J connectivity index is 2.01. The molecule has 0 aliphatic heterocycles. The lowest BCUT2D eigenvalue weighted by Gasteiger charge is -2.25. The molecule has 2 unspecified atom stereocenters. The first-order valence-corrected chi connectivity index (χ1v) is 27.6. The van der Waals surface area contributed by atoms with Crippen molar-refractivity contribution in [1.29, 1.82) is 0 Å². The van der Waals surface area contributed by atoms with Gasteiger partial charge in [-0.15, -0.1) is 0 Å². The molecule has 0 bridgehead atoms. The first-order chi connectivity index (χ1) is 33.8. The number of hydrogen-bond donors (Lipinski definition) is 1. The summed E-state index contributed by atoms with van der Waals surface area (Å²) < 4.78 is 39.1. The molecule has 1 N–H and O–H groups in total. The maximum Gasteiger partial charge on any atom is 0.309 e. The van der Waals surface area contributed by atoms with Crippen LogP contribution in [0, 0.1) is 5.92 Å². The van der Waals surface area contributed by atoms with Gasteiger partial charge in [-0.05, 0) is 74.6 Å². The number of esters is 1. The molecule has 0 fully saturated rings. The summed E-state index contributed by atoms with van der Waals surface area (Å²) in [6, 6.07) is 16.7. The fourth-order valence-corrected chi connectivity index (χ4v) is 7.96. The smallest absolute Gasteiger partial charge is 0.309 e. The highest BCUT2D eigenvalue weighted by atomic mass is 16.6. The number of rotatable bonds is 41. The predicted molar refractivity (Wildman–Crippen MR) is 290 cm³/mol. The number of hydrogen-bond acceptors (Lipinski definition) is 8. The fraction of sp³-hybridized carbons (Fsp3) is 0.623. The first kappa shape index (κ1) is 58.9. The van der Waals surface area contributed by atoms with Gasteiger partial charge < -0.3 is 33.5 Å². The van der Waals surface area contributed by atoms with E-state index in [2.05, 4.69) is 89.3 Å². The van der Waals surface area contributed by atoms with E-state index in [1.807, 2.05) is 32.0 Å². The van der Waals surface area contributed by atoms with Crippen molar-refractivity contribution in [1.82, 2.24) is 0 Å². The molecular formula is C61H94O8. The molecule has 0 saturated heterocycles. The van der Waals surface area contributed by atoms with Crippen LogP contribution in [0.25, 0.3) is 24.3 Å². The molecule has 0 aliphatic carbocycles. The first-order valence-electron chi connectivity index (χ1n) is 27.6. The van der Waals surface area contributed by atoms with Crippen molar-refractivity contribution in [2.24, 2.45) is 5.92 Å². The minimum atomic E-state index is -0.569. The van der Waals surface area contributed by atoms with E-state index >= 15 is 0 Å². The summed E-state index contributed by atoms with van der Waals surface area (Å²) in [6.45, 7) is 18.0. The zero-order chi connectivity index (χ0) is 49.7. The Morgan fingerprint density at radius 3 is 1.30 bits per heavy atom. The van der Waals surface area contributed by atoms with Gasteiger partial charge in [0.05, 0.1) is 39.0 Å². The van der Waals surface area contributed by atoms with Crippen molar-refractivity contribution in [2.45, 2.75) is 202 Å². The zero-order valence-corrected chi connectivity index (χ0v) is 44.4. The van der Waals surface area contributed by atoms with Crippen LogP contribution in [0.3, 0.4) is 0 Å². The summed E-state index contributed by atoms with van der Waals surface area (Å²) in [6.07, 6.45) is 31.7. The summed E-state index contributed by atoms with van der Waals surface area (Å²) in [5, 5.41) is 9.85. The van der Waals surface area contributed by atoms with Crippen LogP contribution in [0.2, 0.25) is 0 Å². The third kappa shape index (κ3) is 22.9. The van der Waals surface area contributed by atoms with Gasteiger partial charge in [0.15, 0.2) is 23.0 Å². The van der Waals surface area contributed by atoms with Gasteiger partial charge in [0, 0.05) is 23.3 Å². The lowest BCUT2D eigenvalue weighted by atomic mass is 9.99. The molecule has 3 aromatic carbocycles. The van der Waals surface area contributed by atoms with E-state index in [1.165, 1.54) is 38.5 Å². The molecule has 0 aliphatic rings. The van der Waals surface area contributed by atoms with Gasteiger partial charge in [-0.3, -0.25) is 4.79 Å². The lowest BCUT2D eigenvalue weighted by Crippen LogP contribution is -2.19. The number of aliphatic hydroxyl groups is 1. The summed E-state index contributed by atoms with van der Waals surface area (Å²) in [4.78, 5) is 13.2. The number of carbonyl (C=O) groups is 1. The van der Waals surface area contributed by atoms with E-state index < -0.39 is 6.10 Å². The fourth-order valence-electron chi connectivity index (χ4n) is 7.96. The predicted octanol–water partition coefficient (Wildman–Crippen LogP) is 17.2. The average Bonchev–Trinajstić information content (AvgIpc) is 3.36. The van der Waals surface area contributed by atoms with Crippen molar-refractivity contribution in [3.63, 3.8) is 0 Å². The third-order valence-electron chi connectivity index (χ3n) is 12.6. The number of aliphatic hydroxyl groups excluding tert-OH is 1. The molecular weight excluding hydrogens is 861 g/mol. The maximum atomic E-state index is 13.2. The van der Waals surface area contributed by atoms with E-state index in [-0.39, 0.29) is 18.5 Å². The van der Waals surface area contributed by atoms with E-state index in [0.717, 1.165) is 135 Å². The van der Waals surface area contributed by atoms with Gasteiger partial charge in [-0.2, -0.15) is 0 Å². The molecule has 0 aromatic heterocycles. The third-order valence-corrected chi connectivity index (χ3v) is 12.6. The number of carbonyl (C=O) groups excluding carboxylic acids is 1. The van der Waals surface area contributed by atoms with Crippen molar-refractivity contribution in [3.8, 4) is 28.7 Å². The van der Waals surface area contributed by atoms with E-state index in [9.17, 15) is 9.90 Å². The van der Waals surface area contributed by atoms with Gasteiger partial charge in [-0.25, -0.2) is 0 Å². The summed E-state index contributed by atoms with van der Waals surface area (Å²) in [5.41, 5.74) is 4.77. The van der Waals surface area contributed by atoms with Crippen molar-refractivity contribution in [3.05, 3.63) is 76.3 Å². The van der Waals surface area contributed by atoms with Crippen molar-refractivity contribution >= 4 is 30.3 Å². The normalized spacial score (nSPS) is 12.4. The quantitative estimate of drug-likeness (QED) is 0.0342. The van der Waals surface area contributed by atoms with Crippen LogP contribution in [-0.2, 0) is 9.53 Å². The molecule has 8 nitrogen and oxygen atoms in total. The Kier molecular flexibility index (Phi) is 31.9. The Morgan fingerprint density at radius 1 is 0.464 bits per heavy atom. The maximum absolute atomic E-state index is 13.2. The van der Waals surface area contributed by atoms with Crippen LogP contribution in [0.4, 0.5) is 0 Å². The zero-order valence-electron chi connectivity index (χ0n) is 44.4. The molecule has 0 radical (unpaired) electrons. The van der Waals surface area contributed by atoms with E-state index in [0.29, 0.717) is 63.8 Å². The second kappa shape index (κ2) is 37.4. The van der Waals surface area contributed by atoms with Gasteiger partial charge in [0.2, 0.25) is 5.75 Å². The Labute approximate surface area is 419 Å². The lowest BCUT2D eigenvalue weighted by molar-refractivity contribution is -0.154. The van der Waals surface area contributed by atoms with Gasteiger partial charge in [0.25, 0.3) is 0 Å². The molecule has 3 rings (SSSR count). The molecule has 8 heteroatoms. The monoisotopic (exact) mass is 955 g/mol. The summed E-state index contributed by atoms with van der Waals surface area (Å²) in [5.74, 6) is 3.06. The molecule has 3 aromatic rings. The Morgan fingerprint density at radius 2 is 0.870 bits per heavy atom. The van der Waals surface area contributed by atoms with Crippen LogP contribution in [0.5, 0.6) is 28.7 Å². The highest BCUT2D eigenvalue weighted by Gasteiger charge is 2.27.